The Morgan fingerprint density at radius 2 is 1.69 bits per heavy atom. The second-order valence-corrected chi connectivity index (χ2v) is 2.46. The van der Waals surface area contributed by atoms with Gasteiger partial charge < -0.3 is 9.47 Å². The number of benzene rings is 1. The largest absolute Gasteiger partial charge is 0.490 e. The lowest BCUT2D eigenvalue weighted by atomic mass is 10.3. The Bertz CT molecular complexity index is 274. The zero-order valence-electron chi connectivity index (χ0n) is 7.84. The van der Waals surface area contributed by atoms with Crippen molar-refractivity contribution in [2.24, 2.45) is 0 Å². The molecular formula is C10H13FO2. The van der Waals surface area contributed by atoms with Crippen LogP contribution in [-0.2, 0) is 0 Å². The summed E-state index contributed by atoms with van der Waals surface area (Å²) in [7, 11) is 0. The molecule has 0 aliphatic heterocycles. The molecule has 3 heteroatoms. The molecule has 2 nitrogen and oxygen atoms in total. The molecular weight excluding hydrogens is 171 g/mol. The van der Waals surface area contributed by atoms with E-state index in [1.54, 1.807) is 6.07 Å². The molecule has 0 bridgehead atoms. The lowest BCUT2D eigenvalue weighted by Crippen LogP contribution is -1.98. The third-order valence-electron chi connectivity index (χ3n) is 1.51. The Balaban J connectivity index is 2.89. The van der Waals surface area contributed by atoms with E-state index in [4.69, 9.17) is 9.47 Å². The van der Waals surface area contributed by atoms with Gasteiger partial charge in [-0.15, -0.1) is 0 Å². The van der Waals surface area contributed by atoms with Crippen LogP contribution in [-0.4, -0.2) is 13.2 Å². The maximum absolute atomic E-state index is 12.8. The molecule has 0 N–H and O–H groups in total. The van der Waals surface area contributed by atoms with Gasteiger partial charge in [-0.05, 0) is 26.0 Å². The van der Waals surface area contributed by atoms with Crippen molar-refractivity contribution in [3.63, 3.8) is 0 Å². The minimum absolute atomic E-state index is 0.313. The highest BCUT2D eigenvalue weighted by molar-refractivity contribution is 5.40. The monoisotopic (exact) mass is 184 g/mol. The summed E-state index contributed by atoms with van der Waals surface area (Å²) in [5.74, 6) is 0.738. The Morgan fingerprint density at radius 1 is 1.08 bits per heavy atom. The van der Waals surface area contributed by atoms with Crippen molar-refractivity contribution in [3.8, 4) is 11.5 Å². The molecule has 0 saturated heterocycles. The SMILES string of the molecule is CCOc1ccc(F)cc1OCC. The maximum atomic E-state index is 12.8. The molecule has 0 unspecified atom stereocenters. The number of hydrogen-bond acceptors (Lipinski definition) is 2. The van der Waals surface area contributed by atoms with E-state index in [2.05, 4.69) is 0 Å². The van der Waals surface area contributed by atoms with Crippen molar-refractivity contribution in [2.45, 2.75) is 13.8 Å². The summed E-state index contributed by atoms with van der Waals surface area (Å²) in [6.07, 6.45) is 0. The van der Waals surface area contributed by atoms with E-state index in [1.165, 1.54) is 12.1 Å². The summed E-state index contributed by atoms with van der Waals surface area (Å²) < 4.78 is 23.2. The first-order valence-corrected chi connectivity index (χ1v) is 4.33. The molecule has 13 heavy (non-hydrogen) atoms. The number of halogens is 1. The third-order valence-corrected chi connectivity index (χ3v) is 1.51. The first-order chi connectivity index (χ1) is 6.27. The van der Waals surface area contributed by atoms with E-state index in [9.17, 15) is 4.39 Å². The highest BCUT2D eigenvalue weighted by Crippen LogP contribution is 2.27. The molecule has 0 radical (unpaired) electrons. The molecule has 1 aromatic rings. The van der Waals surface area contributed by atoms with Gasteiger partial charge in [0.25, 0.3) is 0 Å². The molecule has 0 aliphatic rings. The topological polar surface area (TPSA) is 18.5 Å². The van der Waals surface area contributed by atoms with Crippen LogP contribution in [0.4, 0.5) is 4.39 Å². The highest BCUT2D eigenvalue weighted by Gasteiger charge is 2.04. The van der Waals surface area contributed by atoms with Crippen molar-refractivity contribution < 1.29 is 13.9 Å². The molecule has 1 aromatic carbocycles. The minimum Gasteiger partial charge on any atom is -0.490 e. The number of rotatable bonds is 4. The molecule has 72 valence electrons. The normalized spacial score (nSPS) is 9.77. The van der Waals surface area contributed by atoms with Gasteiger partial charge in [-0.1, -0.05) is 0 Å². The predicted octanol–water partition coefficient (Wildman–Crippen LogP) is 2.62. The summed E-state index contributed by atoms with van der Waals surface area (Å²) >= 11 is 0. The van der Waals surface area contributed by atoms with E-state index in [-0.39, 0.29) is 5.82 Å². The van der Waals surface area contributed by atoms with Crippen LogP contribution in [0.2, 0.25) is 0 Å². The Hall–Kier alpha value is -1.25. The van der Waals surface area contributed by atoms with Crippen molar-refractivity contribution in [1.29, 1.82) is 0 Å². The highest BCUT2D eigenvalue weighted by atomic mass is 19.1. The van der Waals surface area contributed by atoms with Gasteiger partial charge in [0.05, 0.1) is 13.2 Å². The van der Waals surface area contributed by atoms with Gasteiger partial charge in [-0.25, -0.2) is 4.39 Å². The fourth-order valence-corrected chi connectivity index (χ4v) is 1.02. The zero-order valence-corrected chi connectivity index (χ0v) is 7.84. The molecule has 0 amide bonds. The number of ether oxygens (including phenoxy) is 2. The van der Waals surface area contributed by atoms with Crippen LogP contribution in [0.5, 0.6) is 11.5 Å². The predicted molar refractivity (Wildman–Crippen MR) is 48.7 cm³/mol. The lowest BCUT2D eigenvalue weighted by molar-refractivity contribution is 0.286. The van der Waals surface area contributed by atoms with Gasteiger partial charge in [-0.3, -0.25) is 0 Å². The summed E-state index contributed by atoms with van der Waals surface area (Å²) in [6, 6.07) is 4.26. The maximum Gasteiger partial charge on any atom is 0.164 e. The van der Waals surface area contributed by atoms with Gasteiger partial charge in [0.2, 0.25) is 0 Å². The van der Waals surface area contributed by atoms with Crippen LogP contribution in [0, 0.1) is 5.82 Å². The summed E-state index contributed by atoms with van der Waals surface area (Å²) in [5, 5.41) is 0. The van der Waals surface area contributed by atoms with Crippen LogP contribution >= 0.6 is 0 Å². The van der Waals surface area contributed by atoms with Gasteiger partial charge in [0, 0.05) is 6.07 Å². The van der Waals surface area contributed by atoms with Crippen LogP contribution in [0.3, 0.4) is 0 Å². The standard InChI is InChI=1S/C10H13FO2/c1-3-12-9-6-5-8(11)7-10(9)13-4-2/h5-7H,3-4H2,1-2H3. The van der Waals surface area contributed by atoms with E-state index >= 15 is 0 Å². The van der Waals surface area contributed by atoms with Crippen LogP contribution in [0.25, 0.3) is 0 Å². The van der Waals surface area contributed by atoms with Crippen molar-refractivity contribution in [3.05, 3.63) is 24.0 Å². The van der Waals surface area contributed by atoms with E-state index < -0.39 is 0 Å². The van der Waals surface area contributed by atoms with Crippen molar-refractivity contribution in [2.75, 3.05) is 13.2 Å². The first kappa shape index (κ1) is 9.84. The van der Waals surface area contributed by atoms with Crippen LogP contribution in [0.15, 0.2) is 18.2 Å². The van der Waals surface area contributed by atoms with Crippen molar-refractivity contribution >= 4 is 0 Å². The Kier molecular flexibility index (Phi) is 3.55. The summed E-state index contributed by atoms with van der Waals surface area (Å²) in [5.41, 5.74) is 0. The van der Waals surface area contributed by atoms with Gasteiger partial charge in [0.1, 0.15) is 5.82 Å². The van der Waals surface area contributed by atoms with Gasteiger partial charge in [0.15, 0.2) is 11.5 Å². The van der Waals surface area contributed by atoms with Gasteiger partial charge >= 0.3 is 0 Å². The van der Waals surface area contributed by atoms with E-state index in [0.717, 1.165) is 0 Å². The van der Waals surface area contributed by atoms with Crippen molar-refractivity contribution in [1.82, 2.24) is 0 Å². The number of hydrogen-bond donors (Lipinski definition) is 0. The molecule has 0 atom stereocenters. The lowest BCUT2D eigenvalue weighted by Gasteiger charge is -2.09. The minimum atomic E-state index is -0.313. The average molecular weight is 184 g/mol. The Labute approximate surface area is 77.3 Å². The second-order valence-electron chi connectivity index (χ2n) is 2.46. The van der Waals surface area contributed by atoms with Gasteiger partial charge in [-0.2, -0.15) is 0 Å². The molecule has 0 aromatic heterocycles. The molecule has 0 spiro atoms. The quantitative estimate of drug-likeness (QED) is 0.716. The molecule has 0 aliphatic carbocycles. The average Bonchev–Trinajstić information content (AvgIpc) is 2.10. The smallest absolute Gasteiger partial charge is 0.164 e. The third kappa shape index (κ3) is 2.61. The fraction of sp³-hybridized carbons (Fsp3) is 0.400. The van der Waals surface area contributed by atoms with Crippen LogP contribution < -0.4 is 9.47 Å². The molecule has 1 rings (SSSR count). The molecule has 0 saturated carbocycles. The zero-order chi connectivity index (χ0) is 9.68. The molecule has 0 fully saturated rings. The second kappa shape index (κ2) is 4.70. The molecule has 0 heterocycles. The first-order valence-electron chi connectivity index (χ1n) is 4.33. The van der Waals surface area contributed by atoms with Crippen LogP contribution in [0.1, 0.15) is 13.8 Å². The fourth-order valence-electron chi connectivity index (χ4n) is 1.02. The summed E-state index contributed by atoms with van der Waals surface area (Å²) in [6.45, 7) is 4.77. The van der Waals surface area contributed by atoms with E-state index in [1.807, 2.05) is 13.8 Å². The van der Waals surface area contributed by atoms with E-state index in [0.29, 0.717) is 24.7 Å². The Morgan fingerprint density at radius 3 is 2.31 bits per heavy atom. The summed E-state index contributed by atoms with van der Waals surface area (Å²) in [4.78, 5) is 0.